The number of rotatable bonds is 11. The molecule has 1 aromatic rings. The zero-order valence-corrected chi connectivity index (χ0v) is 19.0. The topological polar surface area (TPSA) is 53.1 Å². The molecule has 0 fully saturated rings. The summed E-state index contributed by atoms with van der Waals surface area (Å²) < 4.78 is 65.8. The first kappa shape index (κ1) is 26.2. The molecule has 10 heteroatoms. The maximum absolute atomic E-state index is 14.6. The highest BCUT2D eigenvalue weighted by Gasteiger charge is 2.50. The Morgan fingerprint density at radius 2 is 1.43 bits per heavy atom. The van der Waals surface area contributed by atoms with Crippen molar-refractivity contribution in [2.24, 2.45) is 0 Å². The van der Waals surface area contributed by atoms with Gasteiger partial charge in [-0.1, -0.05) is 45.9 Å². The van der Waals surface area contributed by atoms with E-state index in [2.05, 4.69) is 0 Å². The third-order valence-electron chi connectivity index (χ3n) is 4.52. The number of carbonyl (C=O) groups excluding carboxylic acids is 1. The van der Waals surface area contributed by atoms with Crippen LogP contribution in [-0.2, 0) is 14.1 Å². The van der Waals surface area contributed by atoms with Gasteiger partial charge in [-0.05, 0) is 19.1 Å². The molecule has 0 aliphatic heterocycles. The van der Waals surface area contributed by atoms with Gasteiger partial charge in [0.15, 0.2) is 0 Å². The van der Waals surface area contributed by atoms with Crippen LogP contribution in [0.5, 0.6) is 0 Å². The Morgan fingerprint density at radius 1 is 0.967 bits per heavy atom. The lowest BCUT2D eigenvalue weighted by Crippen LogP contribution is -2.43. The normalized spacial score (nSPS) is 13.1. The number of alkyl halides is 3. The van der Waals surface area contributed by atoms with Gasteiger partial charge in [0, 0.05) is 31.9 Å². The van der Waals surface area contributed by atoms with Crippen LogP contribution in [0.1, 0.15) is 34.6 Å². The standard InChI is InChI=1S/C20H31F3N3O3P/c1-6-24(7-2)30(28,25(8-3)9-4)26(17-14-12-11-13-15-17)18(20(21,22)23)16-19(27)29-10-5/h11-16H,6-10H2,1-5H3/b18-16+. The van der Waals surface area contributed by atoms with Crippen molar-refractivity contribution in [3.05, 3.63) is 42.1 Å². The maximum atomic E-state index is 14.6. The molecule has 6 nitrogen and oxygen atoms in total. The van der Waals surface area contributed by atoms with Crippen molar-refractivity contribution in [2.75, 3.05) is 37.5 Å². The molecule has 30 heavy (non-hydrogen) atoms. The fourth-order valence-electron chi connectivity index (χ4n) is 3.17. The molecule has 0 unspecified atom stereocenters. The SMILES string of the molecule is CCOC(=O)/C=C(/N(c1ccccc1)P(=O)(N(CC)CC)N(CC)CC)C(F)(F)F. The van der Waals surface area contributed by atoms with Gasteiger partial charge in [0.1, 0.15) is 5.70 Å². The number of allylic oxidation sites excluding steroid dienone is 1. The van der Waals surface area contributed by atoms with E-state index in [9.17, 15) is 22.5 Å². The van der Waals surface area contributed by atoms with Crippen LogP contribution in [0.15, 0.2) is 42.1 Å². The van der Waals surface area contributed by atoms with Crippen LogP contribution < -0.4 is 4.67 Å². The third-order valence-corrected chi connectivity index (χ3v) is 8.09. The second-order valence-electron chi connectivity index (χ2n) is 6.22. The van der Waals surface area contributed by atoms with Crippen molar-refractivity contribution in [3.63, 3.8) is 0 Å². The smallest absolute Gasteiger partial charge is 0.432 e. The first-order valence-corrected chi connectivity index (χ1v) is 11.6. The van der Waals surface area contributed by atoms with Crippen molar-refractivity contribution in [1.82, 2.24) is 9.34 Å². The number of ether oxygens (including phenoxy) is 1. The fraction of sp³-hybridized carbons (Fsp3) is 0.550. The lowest BCUT2D eigenvalue weighted by molar-refractivity contribution is -0.138. The van der Waals surface area contributed by atoms with E-state index in [0.717, 1.165) is 4.67 Å². The second kappa shape index (κ2) is 11.5. The molecule has 0 aromatic heterocycles. The summed E-state index contributed by atoms with van der Waals surface area (Å²) >= 11 is 0. The van der Waals surface area contributed by atoms with Gasteiger partial charge in [-0.2, -0.15) is 13.2 Å². The summed E-state index contributed by atoms with van der Waals surface area (Å²) in [5, 5.41) is 0. The van der Waals surface area contributed by atoms with Crippen LogP contribution in [0, 0.1) is 0 Å². The number of carbonyl (C=O) groups is 1. The Hall–Kier alpha value is -1.83. The monoisotopic (exact) mass is 449 g/mol. The van der Waals surface area contributed by atoms with Crippen LogP contribution >= 0.6 is 7.59 Å². The predicted octanol–water partition coefficient (Wildman–Crippen LogP) is 5.29. The van der Waals surface area contributed by atoms with Crippen molar-refractivity contribution >= 4 is 19.3 Å². The molecule has 0 bridgehead atoms. The van der Waals surface area contributed by atoms with Gasteiger partial charge < -0.3 is 4.74 Å². The Morgan fingerprint density at radius 3 is 1.80 bits per heavy atom. The van der Waals surface area contributed by atoms with Gasteiger partial charge in [-0.15, -0.1) is 0 Å². The molecule has 0 atom stereocenters. The first-order chi connectivity index (χ1) is 14.1. The summed E-state index contributed by atoms with van der Waals surface area (Å²) in [5.74, 6) is -1.14. The number of nitrogens with zero attached hydrogens (tertiary/aromatic N) is 3. The van der Waals surface area contributed by atoms with E-state index in [1.807, 2.05) is 0 Å². The molecule has 1 aromatic carbocycles. The minimum absolute atomic E-state index is 0.0739. The van der Waals surface area contributed by atoms with Crippen LogP contribution in [0.3, 0.4) is 0 Å². The molecule has 0 aliphatic rings. The molecular weight excluding hydrogens is 418 g/mol. The van der Waals surface area contributed by atoms with Gasteiger partial charge in [0.25, 0.3) is 0 Å². The lowest BCUT2D eigenvalue weighted by atomic mass is 10.3. The number of esters is 1. The van der Waals surface area contributed by atoms with E-state index >= 15 is 0 Å². The largest absolute Gasteiger partial charge is 0.463 e. The predicted molar refractivity (Wildman–Crippen MR) is 113 cm³/mol. The molecular formula is C20H31F3N3O3P. The summed E-state index contributed by atoms with van der Waals surface area (Å²) in [7, 11) is -4.00. The highest BCUT2D eigenvalue weighted by Crippen LogP contribution is 2.61. The number of hydrogen-bond acceptors (Lipinski definition) is 3. The van der Waals surface area contributed by atoms with E-state index in [1.54, 1.807) is 45.9 Å². The van der Waals surface area contributed by atoms with E-state index in [-0.39, 0.29) is 38.5 Å². The average Bonchev–Trinajstić information content (AvgIpc) is 2.69. The molecule has 0 N–H and O–H groups in total. The zero-order valence-electron chi connectivity index (χ0n) is 18.1. The first-order valence-electron chi connectivity index (χ1n) is 10.0. The quantitative estimate of drug-likeness (QED) is 0.260. The Bertz CT molecular complexity index is 733. The van der Waals surface area contributed by atoms with Gasteiger partial charge in [-0.3, -0.25) is 9.24 Å². The number of anilines is 1. The molecule has 1 rings (SSSR count). The number of halogens is 3. The van der Waals surface area contributed by atoms with Gasteiger partial charge >= 0.3 is 19.7 Å². The average molecular weight is 449 g/mol. The van der Waals surface area contributed by atoms with Crippen molar-refractivity contribution < 1.29 is 27.3 Å². The highest BCUT2D eigenvalue weighted by molar-refractivity contribution is 7.61. The Balaban J connectivity index is 3.95. The summed E-state index contributed by atoms with van der Waals surface area (Å²) in [5.41, 5.74) is -1.25. The molecule has 170 valence electrons. The minimum Gasteiger partial charge on any atom is -0.463 e. The number of hydrogen-bond donors (Lipinski definition) is 0. The summed E-state index contributed by atoms with van der Waals surface area (Å²) in [6.45, 7) is 9.44. The molecule has 0 spiro atoms. The molecule has 0 saturated heterocycles. The molecule has 0 saturated carbocycles. The van der Waals surface area contributed by atoms with Crippen LogP contribution in [0.2, 0.25) is 0 Å². The fourth-order valence-corrected chi connectivity index (χ4v) is 6.40. The lowest BCUT2D eigenvalue weighted by Gasteiger charge is -2.45. The highest BCUT2D eigenvalue weighted by atomic mass is 31.2. The third kappa shape index (κ3) is 5.86. The van der Waals surface area contributed by atoms with Crippen LogP contribution in [0.4, 0.5) is 18.9 Å². The molecule has 0 amide bonds. The summed E-state index contributed by atoms with van der Waals surface area (Å²) in [4.78, 5) is 12.0. The van der Waals surface area contributed by atoms with E-state index < -0.39 is 25.4 Å². The van der Waals surface area contributed by atoms with E-state index in [1.165, 1.54) is 28.4 Å². The van der Waals surface area contributed by atoms with Crippen LogP contribution in [0.25, 0.3) is 0 Å². The van der Waals surface area contributed by atoms with Gasteiger partial charge in [-0.25, -0.2) is 14.1 Å². The maximum Gasteiger partial charge on any atom is 0.432 e. The molecule has 0 heterocycles. The molecule has 0 radical (unpaired) electrons. The Kier molecular flexibility index (Phi) is 10.1. The second-order valence-corrected chi connectivity index (χ2v) is 8.78. The van der Waals surface area contributed by atoms with Crippen molar-refractivity contribution in [2.45, 2.75) is 40.8 Å². The summed E-state index contributed by atoms with van der Waals surface area (Å²) in [6, 6.07) is 7.68. The Labute approximate surface area is 176 Å². The zero-order chi connectivity index (χ0) is 22.9. The minimum atomic E-state index is -4.95. The van der Waals surface area contributed by atoms with Crippen LogP contribution in [-0.4, -0.2) is 54.3 Å². The van der Waals surface area contributed by atoms with Crippen molar-refractivity contribution in [1.29, 1.82) is 0 Å². The number of benzene rings is 1. The van der Waals surface area contributed by atoms with E-state index in [4.69, 9.17) is 4.74 Å². The van der Waals surface area contributed by atoms with Gasteiger partial charge in [0.2, 0.25) is 0 Å². The summed E-state index contributed by atoms with van der Waals surface area (Å²) in [6.07, 6.45) is -4.56. The van der Waals surface area contributed by atoms with Gasteiger partial charge in [0.05, 0.1) is 12.7 Å². The van der Waals surface area contributed by atoms with Crippen molar-refractivity contribution in [3.8, 4) is 0 Å². The number of para-hydroxylation sites is 1. The molecule has 0 aliphatic carbocycles. The van der Waals surface area contributed by atoms with E-state index in [0.29, 0.717) is 6.08 Å².